The second-order valence-corrected chi connectivity index (χ2v) is 10.5. The van der Waals surface area contributed by atoms with Gasteiger partial charge in [0.05, 0.1) is 5.25 Å². The summed E-state index contributed by atoms with van der Waals surface area (Å²) in [6.45, 7) is 9.24. The van der Waals surface area contributed by atoms with E-state index in [-0.39, 0.29) is 23.2 Å². The van der Waals surface area contributed by atoms with Crippen molar-refractivity contribution in [3.05, 3.63) is 47.3 Å². The molecule has 2 aromatic rings. The van der Waals surface area contributed by atoms with Crippen LogP contribution in [0.2, 0.25) is 0 Å². The van der Waals surface area contributed by atoms with Gasteiger partial charge in [0.25, 0.3) is 0 Å². The van der Waals surface area contributed by atoms with E-state index in [4.69, 9.17) is 10.6 Å². The Bertz CT molecular complexity index is 931. The third kappa shape index (κ3) is 6.76. The highest BCUT2D eigenvalue weighted by atomic mass is 32.2. The first-order valence-corrected chi connectivity index (χ1v) is 12.2. The molecule has 3 rings (SSSR count). The molecule has 32 heavy (non-hydrogen) atoms. The monoisotopic (exact) mass is 457 g/mol. The van der Waals surface area contributed by atoms with E-state index in [0.29, 0.717) is 17.5 Å². The fraction of sp³-hybridized carbons (Fsp3) is 0.542. The molecule has 1 aliphatic carbocycles. The Balaban J connectivity index is 1.47. The minimum Gasteiger partial charge on any atom is -0.486 e. The molecular formula is C24H35N5O2S. The van der Waals surface area contributed by atoms with Gasteiger partial charge >= 0.3 is 0 Å². The average Bonchev–Trinajstić information content (AvgIpc) is 3.11. The summed E-state index contributed by atoms with van der Waals surface area (Å²) in [5, 5.41) is 11.4. The van der Waals surface area contributed by atoms with E-state index >= 15 is 0 Å². The molecule has 1 atom stereocenters. The minimum absolute atomic E-state index is 0.0221. The zero-order valence-electron chi connectivity index (χ0n) is 19.6. The van der Waals surface area contributed by atoms with E-state index in [1.165, 1.54) is 40.4 Å². The molecule has 0 fully saturated rings. The number of carbonyl (C=O) groups excluding carboxylic acids is 1. The van der Waals surface area contributed by atoms with Crippen LogP contribution in [0.3, 0.4) is 0 Å². The van der Waals surface area contributed by atoms with Crippen LogP contribution in [0.15, 0.2) is 41.1 Å². The Morgan fingerprint density at radius 3 is 2.66 bits per heavy atom. The van der Waals surface area contributed by atoms with Gasteiger partial charge in [0.2, 0.25) is 11.1 Å². The fourth-order valence-electron chi connectivity index (χ4n) is 3.52. The number of nitrogens with zero attached hydrogens (tertiary/aromatic N) is 3. The van der Waals surface area contributed by atoms with Crippen LogP contribution >= 0.6 is 11.8 Å². The van der Waals surface area contributed by atoms with Crippen molar-refractivity contribution in [2.75, 3.05) is 12.4 Å². The summed E-state index contributed by atoms with van der Waals surface area (Å²) in [4.78, 5) is 12.4. The molecule has 1 aromatic carbocycles. The Hall–Kier alpha value is -2.48. The molecule has 0 radical (unpaired) electrons. The number of nitrogens with two attached hydrogens (primary N) is 1. The van der Waals surface area contributed by atoms with Gasteiger partial charge in [-0.05, 0) is 62.1 Å². The van der Waals surface area contributed by atoms with Gasteiger partial charge in [0.15, 0.2) is 5.82 Å². The fourth-order valence-corrected chi connectivity index (χ4v) is 4.33. The predicted octanol–water partition coefficient (Wildman–Crippen LogP) is 4.36. The molecule has 8 heteroatoms. The number of thioether (sulfide) groups is 1. The summed E-state index contributed by atoms with van der Waals surface area (Å²) < 4.78 is 7.21. The number of aromatic nitrogens is 3. The number of ether oxygens (including phenoxy) is 1. The third-order valence-corrected chi connectivity index (χ3v) is 6.66. The average molecular weight is 458 g/mol. The topological polar surface area (TPSA) is 95.1 Å². The highest BCUT2D eigenvalue weighted by Crippen LogP contribution is 2.25. The summed E-state index contributed by atoms with van der Waals surface area (Å²) in [5.74, 6) is 7.37. The Morgan fingerprint density at radius 2 is 2.00 bits per heavy atom. The van der Waals surface area contributed by atoms with E-state index in [2.05, 4.69) is 54.5 Å². The van der Waals surface area contributed by atoms with Crippen LogP contribution < -0.4 is 15.9 Å². The van der Waals surface area contributed by atoms with Crippen molar-refractivity contribution < 1.29 is 9.53 Å². The van der Waals surface area contributed by atoms with Crippen molar-refractivity contribution in [1.29, 1.82) is 0 Å². The van der Waals surface area contributed by atoms with E-state index in [1.807, 2.05) is 19.1 Å². The van der Waals surface area contributed by atoms with Crippen molar-refractivity contribution in [2.45, 2.75) is 82.2 Å². The normalized spacial score (nSPS) is 15.2. The van der Waals surface area contributed by atoms with Crippen LogP contribution in [-0.2, 0) is 16.8 Å². The van der Waals surface area contributed by atoms with Gasteiger partial charge < -0.3 is 15.9 Å². The van der Waals surface area contributed by atoms with Crippen LogP contribution in [0.5, 0.6) is 5.75 Å². The van der Waals surface area contributed by atoms with Crippen molar-refractivity contribution in [2.24, 2.45) is 0 Å². The summed E-state index contributed by atoms with van der Waals surface area (Å²) in [5.41, 5.74) is 2.79. The maximum absolute atomic E-state index is 12.4. The molecule has 0 saturated carbocycles. The van der Waals surface area contributed by atoms with E-state index in [0.717, 1.165) is 25.0 Å². The number of carbonyl (C=O) groups is 1. The van der Waals surface area contributed by atoms with Gasteiger partial charge in [0, 0.05) is 6.54 Å². The summed E-state index contributed by atoms with van der Waals surface area (Å²) in [7, 11) is 0. The molecule has 0 aliphatic heterocycles. The van der Waals surface area contributed by atoms with Gasteiger partial charge in [-0.1, -0.05) is 56.3 Å². The molecule has 1 aromatic heterocycles. The number of rotatable bonds is 9. The number of benzene rings is 1. The molecule has 0 saturated heterocycles. The number of amides is 1. The zero-order chi connectivity index (χ0) is 23.1. The van der Waals surface area contributed by atoms with Gasteiger partial charge in [0.1, 0.15) is 12.4 Å². The SMILES string of the molecule is CC(Sc1nnc(COc2ccc(C(C)(C)C)cc2)n1N)C(=O)NCCC1=CCCCC1. The smallest absolute Gasteiger partial charge is 0.233 e. The largest absolute Gasteiger partial charge is 0.486 e. The van der Waals surface area contributed by atoms with Crippen LogP contribution in [-0.4, -0.2) is 32.6 Å². The van der Waals surface area contributed by atoms with Crippen LogP contribution in [0.25, 0.3) is 0 Å². The van der Waals surface area contributed by atoms with Crippen molar-refractivity contribution in [3.63, 3.8) is 0 Å². The Morgan fingerprint density at radius 1 is 1.25 bits per heavy atom. The lowest BCUT2D eigenvalue weighted by molar-refractivity contribution is -0.120. The van der Waals surface area contributed by atoms with Crippen molar-refractivity contribution in [3.8, 4) is 5.75 Å². The molecule has 7 nitrogen and oxygen atoms in total. The maximum atomic E-state index is 12.4. The van der Waals surface area contributed by atoms with Gasteiger partial charge in [-0.2, -0.15) is 0 Å². The van der Waals surface area contributed by atoms with Crippen LogP contribution in [0, 0.1) is 0 Å². The number of hydrogen-bond donors (Lipinski definition) is 2. The number of nitrogen functional groups attached to an aromatic ring is 1. The summed E-state index contributed by atoms with van der Waals surface area (Å²) >= 11 is 1.29. The second-order valence-electron chi connectivity index (χ2n) is 9.24. The molecule has 0 spiro atoms. The quantitative estimate of drug-likeness (QED) is 0.330. The Labute approximate surface area is 195 Å². The van der Waals surface area contributed by atoms with Crippen molar-refractivity contribution >= 4 is 17.7 Å². The summed E-state index contributed by atoms with van der Waals surface area (Å²) in [6, 6.07) is 8.02. The molecule has 174 valence electrons. The highest BCUT2D eigenvalue weighted by Gasteiger charge is 2.20. The first-order chi connectivity index (χ1) is 15.2. The van der Waals surface area contributed by atoms with E-state index in [9.17, 15) is 4.79 Å². The van der Waals surface area contributed by atoms with E-state index < -0.39 is 0 Å². The number of hydrogen-bond acceptors (Lipinski definition) is 6. The van der Waals surface area contributed by atoms with Gasteiger partial charge in [-0.15, -0.1) is 10.2 Å². The first-order valence-electron chi connectivity index (χ1n) is 11.3. The lowest BCUT2D eigenvalue weighted by Gasteiger charge is -2.19. The zero-order valence-corrected chi connectivity index (χ0v) is 20.4. The molecule has 1 amide bonds. The molecule has 3 N–H and O–H groups in total. The van der Waals surface area contributed by atoms with Crippen LogP contribution in [0.4, 0.5) is 0 Å². The third-order valence-electron chi connectivity index (χ3n) is 5.61. The molecular weight excluding hydrogens is 422 g/mol. The predicted molar refractivity (Wildman–Crippen MR) is 129 cm³/mol. The summed E-state index contributed by atoms with van der Waals surface area (Å²) in [6.07, 6.45) is 8.09. The van der Waals surface area contributed by atoms with Gasteiger partial charge in [-0.3, -0.25) is 4.79 Å². The second kappa shape index (κ2) is 10.9. The standard InChI is InChI=1S/C24H35N5O2S/c1-17(22(30)26-15-14-18-8-6-5-7-9-18)32-23-28-27-21(29(23)25)16-31-20-12-10-19(11-13-20)24(2,3)4/h8,10-13,17H,5-7,9,14-16,25H2,1-4H3,(H,26,30). The lowest BCUT2D eigenvalue weighted by atomic mass is 9.87. The lowest BCUT2D eigenvalue weighted by Crippen LogP contribution is -2.32. The first kappa shape index (κ1) is 24.2. The van der Waals surface area contributed by atoms with Crippen LogP contribution in [0.1, 0.15) is 71.2 Å². The van der Waals surface area contributed by atoms with Gasteiger partial charge in [-0.25, -0.2) is 4.68 Å². The molecule has 1 heterocycles. The van der Waals surface area contributed by atoms with Crippen molar-refractivity contribution in [1.82, 2.24) is 20.2 Å². The number of allylic oxidation sites excluding steroid dienone is 1. The maximum Gasteiger partial charge on any atom is 0.233 e. The van der Waals surface area contributed by atoms with E-state index in [1.54, 1.807) is 0 Å². The number of nitrogens with one attached hydrogen (secondary N) is 1. The molecule has 1 unspecified atom stereocenters. The molecule has 0 bridgehead atoms. The highest BCUT2D eigenvalue weighted by molar-refractivity contribution is 8.00. The molecule has 1 aliphatic rings. The Kier molecular flexibility index (Phi) is 8.23. The minimum atomic E-state index is -0.319.